The Labute approximate surface area is 76.3 Å². The summed E-state index contributed by atoms with van der Waals surface area (Å²) in [6.07, 6.45) is 3.84. The summed E-state index contributed by atoms with van der Waals surface area (Å²) >= 11 is 0. The monoisotopic (exact) mass is 174 g/mol. The fourth-order valence-corrected chi connectivity index (χ4v) is 1.44. The van der Waals surface area contributed by atoms with E-state index in [0.29, 0.717) is 0 Å². The van der Waals surface area contributed by atoms with Gasteiger partial charge >= 0.3 is 0 Å². The highest BCUT2D eigenvalue weighted by Crippen LogP contribution is 2.12. The van der Waals surface area contributed by atoms with Gasteiger partial charge in [0.15, 0.2) is 0 Å². The average molecular weight is 174 g/mol. The van der Waals surface area contributed by atoms with Crippen molar-refractivity contribution >= 4 is 0 Å². The number of ether oxygens (including phenoxy) is 2. The van der Waals surface area contributed by atoms with Crippen molar-refractivity contribution in [3.05, 3.63) is 0 Å². The van der Waals surface area contributed by atoms with Crippen LogP contribution in [-0.4, -0.2) is 25.9 Å². The molecule has 0 rings (SSSR count). The van der Waals surface area contributed by atoms with E-state index in [2.05, 4.69) is 13.8 Å². The van der Waals surface area contributed by atoms with Crippen LogP contribution in [0.5, 0.6) is 0 Å². The third kappa shape index (κ3) is 4.07. The van der Waals surface area contributed by atoms with Crippen molar-refractivity contribution < 1.29 is 9.47 Å². The molecule has 0 amide bonds. The maximum absolute atomic E-state index is 5.57. The van der Waals surface area contributed by atoms with Crippen molar-refractivity contribution in [1.82, 2.24) is 0 Å². The first kappa shape index (κ1) is 11.9. The van der Waals surface area contributed by atoms with Crippen molar-refractivity contribution in [3.8, 4) is 0 Å². The Bertz CT molecular complexity index is 81.8. The fourth-order valence-electron chi connectivity index (χ4n) is 1.44. The molecule has 2 atom stereocenters. The number of rotatable bonds is 7. The van der Waals surface area contributed by atoms with Gasteiger partial charge in [-0.15, -0.1) is 0 Å². The predicted molar refractivity (Wildman–Crippen MR) is 51.4 cm³/mol. The molecular weight excluding hydrogens is 152 g/mol. The maximum Gasteiger partial charge on any atom is 0.0833 e. The van der Waals surface area contributed by atoms with Crippen LogP contribution < -0.4 is 0 Å². The van der Waals surface area contributed by atoms with Crippen molar-refractivity contribution in [3.63, 3.8) is 0 Å². The Kier molecular flexibility index (Phi) is 7.51. The highest BCUT2D eigenvalue weighted by molar-refractivity contribution is 4.68. The van der Waals surface area contributed by atoms with E-state index in [1.54, 1.807) is 7.11 Å². The molecule has 0 aromatic carbocycles. The van der Waals surface area contributed by atoms with Gasteiger partial charge in [-0.1, -0.05) is 20.3 Å². The first-order chi connectivity index (χ1) is 5.79. The Balaban J connectivity index is 3.84. The van der Waals surface area contributed by atoms with E-state index in [9.17, 15) is 0 Å². The molecule has 2 heteroatoms. The Morgan fingerprint density at radius 1 is 1.08 bits per heavy atom. The predicted octanol–water partition coefficient (Wildman–Crippen LogP) is 2.62. The SMILES string of the molecule is CCCC(OC)C(CC)OCC. The summed E-state index contributed by atoms with van der Waals surface area (Å²) in [6.45, 7) is 7.12. The van der Waals surface area contributed by atoms with Crippen molar-refractivity contribution in [2.45, 2.75) is 52.2 Å². The minimum atomic E-state index is 0.278. The first-order valence-electron chi connectivity index (χ1n) is 4.94. The summed E-state index contributed by atoms with van der Waals surface area (Å²) in [6, 6.07) is 0. The zero-order valence-corrected chi connectivity index (χ0v) is 8.80. The van der Waals surface area contributed by atoms with Crippen LogP contribution in [0.3, 0.4) is 0 Å². The third-order valence-electron chi connectivity index (χ3n) is 2.07. The Morgan fingerprint density at radius 2 is 1.75 bits per heavy atom. The standard InChI is InChI=1S/C10H22O2/c1-5-8-10(11-4)9(6-2)12-7-3/h9-10H,5-8H2,1-4H3. The van der Waals surface area contributed by atoms with Crippen LogP contribution in [-0.2, 0) is 9.47 Å². The van der Waals surface area contributed by atoms with Gasteiger partial charge in [-0.05, 0) is 19.8 Å². The van der Waals surface area contributed by atoms with Gasteiger partial charge in [0.2, 0.25) is 0 Å². The molecule has 0 saturated carbocycles. The summed E-state index contributed by atoms with van der Waals surface area (Å²) in [5.41, 5.74) is 0. The lowest BCUT2D eigenvalue weighted by atomic mass is 10.1. The van der Waals surface area contributed by atoms with Gasteiger partial charge in [0.05, 0.1) is 12.2 Å². The van der Waals surface area contributed by atoms with E-state index in [4.69, 9.17) is 9.47 Å². The molecule has 0 N–H and O–H groups in total. The largest absolute Gasteiger partial charge is 0.379 e. The molecule has 0 spiro atoms. The minimum Gasteiger partial charge on any atom is -0.379 e. The zero-order chi connectivity index (χ0) is 9.40. The lowest BCUT2D eigenvalue weighted by Crippen LogP contribution is -2.30. The summed E-state index contributed by atoms with van der Waals surface area (Å²) < 4.78 is 10.9. The van der Waals surface area contributed by atoms with E-state index >= 15 is 0 Å². The molecule has 0 aromatic rings. The van der Waals surface area contributed by atoms with Crippen LogP contribution in [0.4, 0.5) is 0 Å². The average Bonchev–Trinajstić information content (AvgIpc) is 2.11. The fraction of sp³-hybridized carbons (Fsp3) is 1.00. The number of hydrogen-bond acceptors (Lipinski definition) is 2. The minimum absolute atomic E-state index is 0.278. The normalized spacial score (nSPS) is 16.0. The molecule has 2 nitrogen and oxygen atoms in total. The van der Waals surface area contributed by atoms with Crippen molar-refractivity contribution in [1.29, 1.82) is 0 Å². The second-order valence-corrected chi connectivity index (χ2v) is 2.96. The second-order valence-electron chi connectivity index (χ2n) is 2.96. The molecule has 0 aromatic heterocycles. The van der Waals surface area contributed by atoms with E-state index < -0.39 is 0 Å². The zero-order valence-electron chi connectivity index (χ0n) is 8.80. The highest BCUT2D eigenvalue weighted by atomic mass is 16.5. The molecule has 2 unspecified atom stereocenters. The van der Waals surface area contributed by atoms with Crippen LogP contribution in [0.2, 0.25) is 0 Å². The first-order valence-corrected chi connectivity index (χ1v) is 4.94. The maximum atomic E-state index is 5.57. The van der Waals surface area contributed by atoms with E-state index in [1.165, 1.54) is 0 Å². The van der Waals surface area contributed by atoms with Gasteiger partial charge in [0, 0.05) is 13.7 Å². The summed E-state index contributed by atoms with van der Waals surface area (Å²) in [4.78, 5) is 0. The van der Waals surface area contributed by atoms with Gasteiger partial charge in [0.25, 0.3) is 0 Å². The lowest BCUT2D eigenvalue weighted by molar-refractivity contribution is -0.0572. The molecule has 0 saturated heterocycles. The van der Waals surface area contributed by atoms with Crippen LogP contribution >= 0.6 is 0 Å². The van der Waals surface area contributed by atoms with Crippen molar-refractivity contribution in [2.24, 2.45) is 0 Å². The van der Waals surface area contributed by atoms with Gasteiger partial charge in [-0.25, -0.2) is 0 Å². The Morgan fingerprint density at radius 3 is 2.08 bits per heavy atom. The topological polar surface area (TPSA) is 18.5 Å². The molecule has 74 valence electrons. The molecule has 0 aliphatic heterocycles. The third-order valence-corrected chi connectivity index (χ3v) is 2.07. The number of hydrogen-bond donors (Lipinski definition) is 0. The Hall–Kier alpha value is -0.0800. The van der Waals surface area contributed by atoms with Crippen LogP contribution in [0, 0.1) is 0 Å². The number of methoxy groups -OCH3 is 1. The highest BCUT2D eigenvalue weighted by Gasteiger charge is 2.18. The smallest absolute Gasteiger partial charge is 0.0833 e. The van der Waals surface area contributed by atoms with Crippen LogP contribution in [0.1, 0.15) is 40.0 Å². The summed E-state index contributed by atoms with van der Waals surface area (Å²) in [5.74, 6) is 0. The molecule has 0 aliphatic carbocycles. The van der Waals surface area contributed by atoms with E-state index in [0.717, 1.165) is 25.9 Å². The molecular formula is C10H22O2. The van der Waals surface area contributed by atoms with Gasteiger partial charge in [-0.2, -0.15) is 0 Å². The molecule has 0 fully saturated rings. The second kappa shape index (κ2) is 7.56. The molecule has 0 radical (unpaired) electrons. The van der Waals surface area contributed by atoms with Crippen LogP contribution in [0.15, 0.2) is 0 Å². The van der Waals surface area contributed by atoms with Gasteiger partial charge in [0.1, 0.15) is 0 Å². The van der Waals surface area contributed by atoms with Crippen molar-refractivity contribution in [2.75, 3.05) is 13.7 Å². The van der Waals surface area contributed by atoms with Crippen LogP contribution in [0.25, 0.3) is 0 Å². The summed E-state index contributed by atoms with van der Waals surface area (Å²) in [7, 11) is 1.77. The summed E-state index contributed by atoms with van der Waals surface area (Å²) in [5, 5.41) is 0. The molecule has 0 heterocycles. The molecule has 0 aliphatic rings. The van der Waals surface area contributed by atoms with E-state index in [1.807, 2.05) is 6.92 Å². The quantitative estimate of drug-likeness (QED) is 0.590. The van der Waals surface area contributed by atoms with Gasteiger partial charge in [-0.3, -0.25) is 0 Å². The molecule has 12 heavy (non-hydrogen) atoms. The molecule has 0 bridgehead atoms. The van der Waals surface area contributed by atoms with E-state index in [-0.39, 0.29) is 12.2 Å². The lowest BCUT2D eigenvalue weighted by Gasteiger charge is -2.24. The van der Waals surface area contributed by atoms with Gasteiger partial charge < -0.3 is 9.47 Å².